The molecule has 2 aromatic carbocycles. The topological polar surface area (TPSA) is 94.8 Å². The van der Waals surface area contributed by atoms with Crippen LogP contribution in [0.3, 0.4) is 0 Å². The zero-order valence-corrected chi connectivity index (χ0v) is 22.4. The molecule has 1 heterocycles. The van der Waals surface area contributed by atoms with Crippen LogP contribution in [-0.4, -0.2) is 35.7 Å². The smallest absolute Gasteiger partial charge is 0.408 e. The van der Waals surface area contributed by atoms with Crippen molar-refractivity contribution >= 4 is 34.8 Å². The molecular formula is C28H33NO6S. The van der Waals surface area contributed by atoms with Gasteiger partial charge < -0.3 is 19.2 Å². The summed E-state index contributed by atoms with van der Waals surface area (Å²) in [5.74, 6) is 0.299. The van der Waals surface area contributed by atoms with Gasteiger partial charge in [-0.05, 0) is 76.3 Å². The summed E-state index contributed by atoms with van der Waals surface area (Å²) >= 11 is 1.55. The lowest BCUT2D eigenvalue weighted by molar-refractivity contribution is -0.136. The van der Waals surface area contributed by atoms with Crippen molar-refractivity contribution < 1.29 is 23.5 Å². The van der Waals surface area contributed by atoms with Crippen molar-refractivity contribution in [3.8, 4) is 5.75 Å². The number of hydrogen-bond donors (Lipinski definition) is 1. The number of nitrogens with one attached hydrogen (secondary N) is 1. The Bertz CT molecular complexity index is 1290. The molecule has 8 heteroatoms. The van der Waals surface area contributed by atoms with Crippen molar-refractivity contribution in [2.75, 3.05) is 12.0 Å². The van der Waals surface area contributed by atoms with Gasteiger partial charge >= 0.3 is 17.7 Å². The molecule has 3 aromatic rings. The molecular weight excluding hydrogens is 478 g/mol. The zero-order valence-electron chi connectivity index (χ0n) is 21.6. The molecule has 0 unspecified atom stereocenters. The molecule has 0 aliphatic carbocycles. The maximum atomic E-state index is 13.0. The minimum absolute atomic E-state index is 0.269. The Morgan fingerprint density at radius 1 is 1.06 bits per heavy atom. The monoisotopic (exact) mass is 511 g/mol. The van der Waals surface area contributed by atoms with Crippen LogP contribution in [0.15, 0.2) is 51.7 Å². The van der Waals surface area contributed by atoms with E-state index in [0.717, 1.165) is 16.5 Å². The Kier molecular flexibility index (Phi) is 8.84. The average molecular weight is 512 g/mol. The molecule has 0 spiro atoms. The number of carbonyl (C=O) groups is 2. The highest BCUT2D eigenvalue weighted by Gasteiger charge is 2.27. The van der Waals surface area contributed by atoms with Gasteiger partial charge in [-0.1, -0.05) is 30.3 Å². The summed E-state index contributed by atoms with van der Waals surface area (Å²) in [5.41, 5.74) is 2.24. The number of esters is 1. The Morgan fingerprint density at radius 2 is 1.75 bits per heavy atom. The summed E-state index contributed by atoms with van der Waals surface area (Å²) in [6.07, 6.45) is 2.07. The first-order valence-electron chi connectivity index (χ1n) is 11.8. The molecule has 1 aromatic heterocycles. The molecule has 1 atom stereocenters. The lowest BCUT2D eigenvalue weighted by Crippen LogP contribution is -2.45. The third-order valence-corrected chi connectivity index (χ3v) is 6.32. The SMILES string of the molecule is CSCC[C@H](NC(=O)OC(C)(C)C)C(=O)Oc1ccc2c(C)c(Cc3ccccc3)c(=O)oc2c1C. The van der Waals surface area contributed by atoms with E-state index in [9.17, 15) is 14.4 Å². The molecule has 0 aliphatic heterocycles. The van der Waals surface area contributed by atoms with E-state index < -0.39 is 29.3 Å². The number of fused-ring (bicyclic) bond motifs is 1. The molecule has 1 N–H and O–H groups in total. The van der Waals surface area contributed by atoms with Crippen molar-refractivity contribution in [2.45, 2.75) is 59.1 Å². The van der Waals surface area contributed by atoms with Gasteiger partial charge in [0, 0.05) is 22.9 Å². The standard InChI is InChI=1S/C28H33NO6S/c1-17-20-12-13-23(33-26(31)22(14-15-36-6)29-27(32)35-28(3,4)5)18(2)24(20)34-25(30)21(17)16-19-10-8-7-9-11-19/h7-13,22H,14-16H2,1-6H3,(H,29,32)/t22-/m0/s1. The molecule has 0 radical (unpaired) electrons. The maximum Gasteiger partial charge on any atom is 0.408 e. The Balaban J connectivity index is 1.87. The number of rotatable bonds is 8. The van der Waals surface area contributed by atoms with Gasteiger partial charge in [-0.25, -0.2) is 14.4 Å². The predicted molar refractivity (Wildman–Crippen MR) is 143 cm³/mol. The lowest BCUT2D eigenvalue weighted by atomic mass is 9.98. The molecule has 0 bridgehead atoms. The highest BCUT2D eigenvalue weighted by Crippen LogP contribution is 2.30. The fourth-order valence-corrected chi connectivity index (χ4v) is 4.27. The number of ether oxygens (including phenoxy) is 2. The molecule has 0 saturated heterocycles. The van der Waals surface area contributed by atoms with Gasteiger partial charge in [0.2, 0.25) is 0 Å². The molecule has 3 rings (SSSR count). The van der Waals surface area contributed by atoms with E-state index in [0.29, 0.717) is 35.3 Å². The molecule has 1 amide bonds. The van der Waals surface area contributed by atoms with Crippen LogP contribution in [0, 0.1) is 13.8 Å². The third-order valence-electron chi connectivity index (χ3n) is 5.67. The number of alkyl carbamates (subject to hydrolysis) is 1. The molecule has 0 aliphatic rings. The average Bonchev–Trinajstić information content (AvgIpc) is 2.81. The minimum atomic E-state index is -0.885. The summed E-state index contributed by atoms with van der Waals surface area (Å²) in [7, 11) is 0. The number of thioether (sulfide) groups is 1. The van der Waals surface area contributed by atoms with Crippen molar-refractivity contribution in [3.05, 3.63) is 75.1 Å². The van der Waals surface area contributed by atoms with Crippen LogP contribution in [0.4, 0.5) is 4.79 Å². The Morgan fingerprint density at radius 3 is 2.39 bits per heavy atom. The van der Waals surface area contributed by atoms with Crippen LogP contribution in [0.1, 0.15) is 49.4 Å². The van der Waals surface area contributed by atoms with Gasteiger partial charge in [0.1, 0.15) is 23.0 Å². The van der Waals surface area contributed by atoms with Crippen LogP contribution in [0.5, 0.6) is 5.75 Å². The van der Waals surface area contributed by atoms with Gasteiger partial charge in [-0.2, -0.15) is 11.8 Å². The van der Waals surface area contributed by atoms with E-state index in [4.69, 9.17) is 13.9 Å². The van der Waals surface area contributed by atoms with Crippen molar-refractivity contribution in [1.82, 2.24) is 5.32 Å². The number of amides is 1. The van der Waals surface area contributed by atoms with E-state index in [1.807, 2.05) is 43.5 Å². The first kappa shape index (κ1) is 27.3. The first-order valence-corrected chi connectivity index (χ1v) is 13.2. The normalized spacial score (nSPS) is 12.3. The van der Waals surface area contributed by atoms with E-state index >= 15 is 0 Å². The quantitative estimate of drug-likeness (QED) is 0.241. The van der Waals surface area contributed by atoms with Gasteiger partial charge in [0.25, 0.3) is 0 Å². The fraction of sp³-hybridized carbons (Fsp3) is 0.393. The molecule has 192 valence electrons. The number of aryl methyl sites for hydroxylation is 2. The highest BCUT2D eigenvalue weighted by molar-refractivity contribution is 7.98. The summed E-state index contributed by atoms with van der Waals surface area (Å²) in [4.78, 5) is 38.1. The number of carbonyl (C=O) groups excluding carboxylic acids is 2. The van der Waals surface area contributed by atoms with Crippen LogP contribution in [0.2, 0.25) is 0 Å². The summed E-state index contributed by atoms with van der Waals surface area (Å²) in [6, 6.07) is 12.3. The van der Waals surface area contributed by atoms with Crippen molar-refractivity contribution in [2.24, 2.45) is 0 Å². The summed E-state index contributed by atoms with van der Waals surface area (Å²) in [5, 5.41) is 3.39. The largest absolute Gasteiger partial charge is 0.444 e. The van der Waals surface area contributed by atoms with E-state index in [2.05, 4.69) is 5.32 Å². The summed E-state index contributed by atoms with van der Waals surface area (Å²) in [6.45, 7) is 8.89. The first-order chi connectivity index (χ1) is 17.0. The number of benzene rings is 2. The second-order valence-electron chi connectivity index (χ2n) is 9.62. The third kappa shape index (κ3) is 6.91. The molecule has 0 fully saturated rings. The molecule has 36 heavy (non-hydrogen) atoms. The van der Waals surface area contributed by atoms with Gasteiger partial charge in [-0.15, -0.1) is 0 Å². The molecule has 0 saturated carbocycles. The van der Waals surface area contributed by atoms with Crippen LogP contribution >= 0.6 is 11.8 Å². The Hall–Kier alpha value is -3.26. The van der Waals surface area contributed by atoms with Crippen molar-refractivity contribution in [3.63, 3.8) is 0 Å². The predicted octanol–water partition coefficient (Wildman–Crippen LogP) is 5.55. The maximum absolute atomic E-state index is 13.0. The van der Waals surface area contributed by atoms with Crippen LogP contribution in [0.25, 0.3) is 11.0 Å². The highest BCUT2D eigenvalue weighted by atomic mass is 32.2. The number of hydrogen-bond acceptors (Lipinski definition) is 7. The van der Waals surface area contributed by atoms with Crippen molar-refractivity contribution in [1.29, 1.82) is 0 Å². The lowest BCUT2D eigenvalue weighted by Gasteiger charge is -2.23. The second-order valence-corrected chi connectivity index (χ2v) is 10.6. The Labute approximate surface area is 215 Å². The minimum Gasteiger partial charge on any atom is -0.444 e. The van der Waals surface area contributed by atoms with Crippen LogP contribution < -0.4 is 15.7 Å². The van der Waals surface area contributed by atoms with Crippen LogP contribution in [-0.2, 0) is 16.0 Å². The zero-order chi connectivity index (χ0) is 26.5. The molecule has 7 nitrogen and oxygen atoms in total. The summed E-state index contributed by atoms with van der Waals surface area (Å²) < 4.78 is 16.7. The fourth-order valence-electron chi connectivity index (χ4n) is 3.80. The van der Waals surface area contributed by atoms with Gasteiger partial charge in [-0.3, -0.25) is 0 Å². The van der Waals surface area contributed by atoms with Gasteiger partial charge in [0.15, 0.2) is 0 Å². The van der Waals surface area contributed by atoms with E-state index in [1.54, 1.807) is 51.6 Å². The van der Waals surface area contributed by atoms with E-state index in [1.165, 1.54) is 0 Å². The second kappa shape index (κ2) is 11.6. The van der Waals surface area contributed by atoms with E-state index in [-0.39, 0.29) is 5.75 Å². The van der Waals surface area contributed by atoms with Gasteiger partial charge in [0.05, 0.1) is 0 Å².